The van der Waals surface area contributed by atoms with E-state index >= 15 is 0 Å². The molecule has 0 saturated carbocycles. The number of halogens is 1. The lowest BCUT2D eigenvalue weighted by Gasteiger charge is -2.24. The lowest BCUT2D eigenvalue weighted by Crippen LogP contribution is -2.36. The van der Waals surface area contributed by atoms with E-state index in [1.54, 1.807) is 22.0 Å². The van der Waals surface area contributed by atoms with Gasteiger partial charge in [0.2, 0.25) is 5.91 Å². The Labute approximate surface area is 122 Å². The van der Waals surface area contributed by atoms with Crippen molar-refractivity contribution in [3.8, 4) is 0 Å². The molecule has 6 nitrogen and oxygen atoms in total. The van der Waals surface area contributed by atoms with Crippen molar-refractivity contribution in [2.45, 2.75) is 37.8 Å². The van der Waals surface area contributed by atoms with Crippen LogP contribution in [-0.2, 0) is 11.3 Å². The van der Waals surface area contributed by atoms with E-state index < -0.39 is 5.60 Å². The molecule has 0 radical (unpaired) electrons. The van der Waals surface area contributed by atoms with E-state index in [1.165, 1.54) is 0 Å². The number of hydrogen-bond acceptors (Lipinski definition) is 4. The molecular formula is C13H20ClN3O3. The monoisotopic (exact) mass is 301 g/mol. The van der Waals surface area contributed by atoms with Crippen LogP contribution in [0.5, 0.6) is 0 Å². The second kappa shape index (κ2) is 6.56. The Hall–Kier alpha value is -1.11. The van der Waals surface area contributed by atoms with Crippen molar-refractivity contribution in [1.29, 1.82) is 0 Å². The average Bonchev–Trinajstić information content (AvgIpc) is 2.74. The highest BCUT2D eigenvalue weighted by atomic mass is 35.5. The van der Waals surface area contributed by atoms with Crippen molar-refractivity contribution in [2.24, 2.45) is 0 Å². The number of carbonyl (C=O) groups excluding carboxylic acids is 1. The molecule has 0 aromatic carbocycles. The van der Waals surface area contributed by atoms with Crippen LogP contribution in [0.15, 0.2) is 12.4 Å². The molecule has 1 atom stereocenters. The number of amides is 1. The molecule has 1 amide bonds. The fourth-order valence-corrected chi connectivity index (χ4v) is 2.57. The summed E-state index contributed by atoms with van der Waals surface area (Å²) in [6.45, 7) is 1.35. The van der Waals surface area contributed by atoms with Crippen LogP contribution in [0.4, 0.5) is 0 Å². The Morgan fingerprint density at radius 2 is 2.25 bits per heavy atom. The van der Waals surface area contributed by atoms with Crippen LogP contribution < -0.4 is 0 Å². The van der Waals surface area contributed by atoms with E-state index in [1.807, 2.05) is 0 Å². The summed E-state index contributed by atoms with van der Waals surface area (Å²) >= 11 is 5.76. The first-order valence-electron chi connectivity index (χ1n) is 6.81. The molecule has 7 heteroatoms. The maximum Gasteiger partial charge on any atom is 0.224 e. The predicted molar refractivity (Wildman–Crippen MR) is 74.3 cm³/mol. The molecule has 0 spiro atoms. The quantitative estimate of drug-likeness (QED) is 0.856. The van der Waals surface area contributed by atoms with E-state index in [4.69, 9.17) is 11.6 Å². The summed E-state index contributed by atoms with van der Waals surface area (Å²) in [6, 6.07) is 0. The van der Waals surface area contributed by atoms with Gasteiger partial charge in [0.1, 0.15) is 0 Å². The molecule has 0 aliphatic carbocycles. The molecule has 0 bridgehead atoms. The molecule has 1 saturated heterocycles. The third-order valence-corrected chi connectivity index (χ3v) is 3.92. The molecule has 1 fully saturated rings. The van der Waals surface area contributed by atoms with Gasteiger partial charge in [-0.25, -0.2) is 0 Å². The van der Waals surface area contributed by atoms with Gasteiger partial charge in [-0.2, -0.15) is 5.10 Å². The SMILES string of the molecule is O=C(CCn1cc(Cl)cn1)N1CCC[C@](O)(CO)CC1. The minimum absolute atomic E-state index is 0.0406. The van der Waals surface area contributed by atoms with E-state index in [2.05, 4.69) is 5.10 Å². The standard InChI is InChI=1S/C13H20ClN3O3/c14-11-8-15-17(9-11)6-2-12(19)16-5-1-3-13(20,10-18)4-7-16/h8-9,18,20H,1-7,10H2/t13-/m1/s1. The summed E-state index contributed by atoms with van der Waals surface area (Å²) in [4.78, 5) is 13.9. The smallest absolute Gasteiger partial charge is 0.224 e. The number of likely N-dealkylation sites (tertiary alicyclic amines) is 1. The zero-order chi connectivity index (χ0) is 14.6. The number of carbonyl (C=O) groups is 1. The Kier molecular flexibility index (Phi) is 5.01. The van der Waals surface area contributed by atoms with Crippen molar-refractivity contribution < 1.29 is 15.0 Å². The lowest BCUT2D eigenvalue weighted by atomic mass is 9.96. The largest absolute Gasteiger partial charge is 0.393 e. The van der Waals surface area contributed by atoms with Gasteiger partial charge in [0.25, 0.3) is 0 Å². The fraction of sp³-hybridized carbons (Fsp3) is 0.692. The van der Waals surface area contributed by atoms with Gasteiger partial charge < -0.3 is 15.1 Å². The van der Waals surface area contributed by atoms with Crippen molar-refractivity contribution in [1.82, 2.24) is 14.7 Å². The Balaban J connectivity index is 1.83. The summed E-state index contributed by atoms with van der Waals surface area (Å²) in [5, 5.41) is 23.8. The minimum Gasteiger partial charge on any atom is -0.393 e. The number of aryl methyl sites for hydroxylation is 1. The zero-order valence-corrected chi connectivity index (χ0v) is 12.1. The van der Waals surface area contributed by atoms with Crippen LogP contribution in [0, 0.1) is 0 Å². The van der Waals surface area contributed by atoms with E-state index in [9.17, 15) is 15.0 Å². The summed E-state index contributed by atoms with van der Waals surface area (Å²) in [7, 11) is 0. The van der Waals surface area contributed by atoms with Crippen molar-refractivity contribution in [2.75, 3.05) is 19.7 Å². The first kappa shape index (κ1) is 15.3. The fourth-order valence-electron chi connectivity index (χ4n) is 2.42. The molecule has 2 heterocycles. The summed E-state index contributed by atoms with van der Waals surface area (Å²) in [6.07, 6.45) is 5.23. The van der Waals surface area contributed by atoms with Gasteiger partial charge >= 0.3 is 0 Å². The Bertz CT molecular complexity index is 465. The molecule has 1 aliphatic rings. The summed E-state index contributed by atoms with van der Waals surface area (Å²) in [5.74, 6) is 0.0406. The van der Waals surface area contributed by atoms with Crippen LogP contribution >= 0.6 is 11.6 Å². The number of nitrogens with zero attached hydrogens (tertiary/aromatic N) is 3. The molecule has 1 aliphatic heterocycles. The van der Waals surface area contributed by atoms with Gasteiger partial charge in [0, 0.05) is 32.3 Å². The number of aliphatic hydroxyl groups is 2. The molecule has 20 heavy (non-hydrogen) atoms. The highest BCUT2D eigenvalue weighted by molar-refractivity contribution is 6.30. The van der Waals surface area contributed by atoms with Gasteiger partial charge in [-0.3, -0.25) is 9.48 Å². The second-order valence-corrected chi connectivity index (χ2v) is 5.72. The lowest BCUT2D eigenvalue weighted by molar-refractivity contribution is -0.131. The van der Waals surface area contributed by atoms with E-state index in [-0.39, 0.29) is 12.5 Å². The molecule has 1 aromatic heterocycles. The highest BCUT2D eigenvalue weighted by Gasteiger charge is 2.30. The van der Waals surface area contributed by atoms with Gasteiger partial charge in [-0.1, -0.05) is 11.6 Å². The Morgan fingerprint density at radius 3 is 2.90 bits per heavy atom. The third-order valence-electron chi connectivity index (χ3n) is 3.72. The maximum absolute atomic E-state index is 12.1. The van der Waals surface area contributed by atoms with Gasteiger partial charge in [0.05, 0.1) is 23.4 Å². The second-order valence-electron chi connectivity index (χ2n) is 5.29. The number of rotatable bonds is 4. The van der Waals surface area contributed by atoms with Gasteiger partial charge in [0.15, 0.2) is 0 Å². The van der Waals surface area contributed by atoms with Gasteiger partial charge in [-0.15, -0.1) is 0 Å². The number of aliphatic hydroxyl groups excluding tert-OH is 1. The van der Waals surface area contributed by atoms with Crippen molar-refractivity contribution in [3.05, 3.63) is 17.4 Å². The van der Waals surface area contributed by atoms with Crippen molar-refractivity contribution >= 4 is 17.5 Å². The normalized spacial score (nSPS) is 23.6. The minimum atomic E-state index is -1.04. The first-order chi connectivity index (χ1) is 9.52. The maximum atomic E-state index is 12.1. The van der Waals surface area contributed by atoms with Crippen LogP contribution in [0.25, 0.3) is 0 Å². The van der Waals surface area contributed by atoms with Gasteiger partial charge in [-0.05, 0) is 19.3 Å². The molecule has 1 aromatic rings. The molecule has 112 valence electrons. The Morgan fingerprint density at radius 1 is 1.45 bits per heavy atom. The average molecular weight is 302 g/mol. The predicted octanol–water partition coefficient (Wildman–Crippen LogP) is 0.663. The van der Waals surface area contributed by atoms with Crippen molar-refractivity contribution in [3.63, 3.8) is 0 Å². The molecule has 0 unspecified atom stereocenters. The van der Waals surface area contributed by atoms with E-state index in [0.29, 0.717) is 50.3 Å². The highest BCUT2D eigenvalue weighted by Crippen LogP contribution is 2.22. The topological polar surface area (TPSA) is 78.6 Å². The molecular weight excluding hydrogens is 282 g/mol. The summed E-state index contributed by atoms with van der Waals surface area (Å²) < 4.78 is 1.64. The molecule has 2 N–H and O–H groups in total. The van der Waals surface area contributed by atoms with Crippen LogP contribution in [0.2, 0.25) is 5.02 Å². The summed E-state index contributed by atoms with van der Waals surface area (Å²) in [5.41, 5.74) is -1.04. The zero-order valence-electron chi connectivity index (χ0n) is 11.3. The third kappa shape index (κ3) is 3.94. The molecule has 2 rings (SSSR count). The van der Waals surface area contributed by atoms with Crippen LogP contribution in [0.1, 0.15) is 25.7 Å². The number of aromatic nitrogens is 2. The van der Waals surface area contributed by atoms with Crippen LogP contribution in [-0.4, -0.2) is 56.1 Å². The van der Waals surface area contributed by atoms with Crippen LogP contribution in [0.3, 0.4) is 0 Å². The first-order valence-corrected chi connectivity index (χ1v) is 7.19. The number of hydrogen-bond donors (Lipinski definition) is 2. The van der Waals surface area contributed by atoms with E-state index in [0.717, 1.165) is 0 Å².